The van der Waals surface area contributed by atoms with Gasteiger partial charge in [0, 0.05) is 19.1 Å². The first-order valence-corrected chi connectivity index (χ1v) is 7.83. The van der Waals surface area contributed by atoms with E-state index in [1.165, 1.54) is 32.1 Å². The first-order chi connectivity index (χ1) is 8.77. The van der Waals surface area contributed by atoms with E-state index in [2.05, 4.69) is 19.2 Å². The average Bonchev–Trinajstić information content (AvgIpc) is 2.33. The molecule has 18 heavy (non-hydrogen) atoms. The third-order valence-electron chi connectivity index (χ3n) is 3.88. The fourth-order valence-corrected chi connectivity index (χ4v) is 2.62. The van der Waals surface area contributed by atoms with E-state index in [1.54, 1.807) is 0 Å². The van der Waals surface area contributed by atoms with Gasteiger partial charge < -0.3 is 10.2 Å². The highest BCUT2D eigenvalue weighted by molar-refractivity contribution is 5.74. The monoisotopic (exact) mass is 254 g/mol. The van der Waals surface area contributed by atoms with Crippen molar-refractivity contribution in [3.05, 3.63) is 0 Å². The molecule has 0 saturated heterocycles. The summed E-state index contributed by atoms with van der Waals surface area (Å²) in [5.74, 6) is 0. The normalized spacial score (nSPS) is 17.9. The van der Waals surface area contributed by atoms with Crippen LogP contribution >= 0.6 is 0 Å². The number of nitrogens with one attached hydrogen (secondary N) is 1. The van der Waals surface area contributed by atoms with E-state index in [1.807, 2.05) is 4.90 Å². The molecule has 1 aliphatic rings. The number of nitrogens with zero attached hydrogens (tertiary/aromatic N) is 1. The summed E-state index contributed by atoms with van der Waals surface area (Å²) in [5.41, 5.74) is 0. The van der Waals surface area contributed by atoms with Crippen molar-refractivity contribution in [3.63, 3.8) is 0 Å². The molecule has 1 fully saturated rings. The highest BCUT2D eigenvalue weighted by Crippen LogP contribution is 2.17. The first kappa shape index (κ1) is 15.3. The Kier molecular flexibility index (Phi) is 7.86. The molecule has 0 radical (unpaired) electrons. The lowest BCUT2D eigenvalue weighted by molar-refractivity contribution is 0.193. The van der Waals surface area contributed by atoms with E-state index < -0.39 is 0 Å². The summed E-state index contributed by atoms with van der Waals surface area (Å²) < 4.78 is 0. The third-order valence-corrected chi connectivity index (χ3v) is 3.88. The van der Waals surface area contributed by atoms with Crippen molar-refractivity contribution in [2.45, 2.75) is 77.7 Å². The summed E-state index contributed by atoms with van der Waals surface area (Å²) in [6, 6.07) is 0.560. The fourth-order valence-electron chi connectivity index (χ4n) is 2.62. The van der Waals surface area contributed by atoms with E-state index >= 15 is 0 Å². The zero-order valence-electron chi connectivity index (χ0n) is 12.2. The molecule has 0 aliphatic heterocycles. The smallest absolute Gasteiger partial charge is 0.317 e. The van der Waals surface area contributed by atoms with Crippen molar-refractivity contribution in [1.82, 2.24) is 10.2 Å². The molecule has 3 nitrogen and oxygen atoms in total. The molecule has 1 aliphatic carbocycles. The van der Waals surface area contributed by atoms with Crippen molar-refractivity contribution in [2.24, 2.45) is 0 Å². The van der Waals surface area contributed by atoms with Crippen LogP contribution < -0.4 is 5.32 Å². The van der Waals surface area contributed by atoms with Crippen LogP contribution in [-0.2, 0) is 0 Å². The molecule has 3 heteroatoms. The summed E-state index contributed by atoms with van der Waals surface area (Å²) in [7, 11) is 0. The second-order valence-electron chi connectivity index (χ2n) is 5.42. The van der Waals surface area contributed by atoms with Crippen LogP contribution in [0.15, 0.2) is 0 Å². The highest BCUT2D eigenvalue weighted by Gasteiger charge is 2.17. The molecule has 1 rings (SSSR count). The number of carbonyl (C=O) groups is 1. The predicted molar refractivity (Wildman–Crippen MR) is 76.8 cm³/mol. The average molecular weight is 254 g/mol. The Bertz CT molecular complexity index is 223. The lowest BCUT2D eigenvalue weighted by Crippen LogP contribution is -2.45. The Morgan fingerprint density at radius 1 is 1.11 bits per heavy atom. The van der Waals surface area contributed by atoms with Gasteiger partial charge in [-0.25, -0.2) is 4.79 Å². The zero-order valence-corrected chi connectivity index (χ0v) is 12.2. The van der Waals surface area contributed by atoms with Gasteiger partial charge in [-0.05, 0) is 26.2 Å². The van der Waals surface area contributed by atoms with Crippen molar-refractivity contribution in [1.29, 1.82) is 0 Å². The van der Waals surface area contributed by atoms with Gasteiger partial charge in [0.15, 0.2) is 0 Å². The minimum absolute atomic E-state index is 0.150. The minimum Gasteiger partial charge on any atom is -0.335 e. The van der Waals surface area contributed by atoms with Gasteiger partial charge in [0.05, 0.1) is 0 Å². The Hall–Kier alpha value is -0.730. The van der Waals surface area contributed by atoms with E-state index in [9.17, 15) is 4.79 Å². The lowest BCUT2D eigenvalue weighted by atomic mass is 9.97. The van der Waals surface area contributed by atoms with Crippen LogP contribution in [0.4, 0.5) is 4.79 Å². The lowest BCUT2D eigenvalue weighted by Gasteiger charge is -2.26. The second kappa shape index (κ2) is 9.23. The number of unbranched alkanes of at least 4 members (excludes halogenated alkanes) is 1. The Morgan fingerprint density at radius 3 is 2.28 bits per heavy atom. The number of hydrogen-bond acceptors (Lipinski definition) is 1. The number of amides is 2. The topological polar surface area (TPSA) is 32.3 Å². The molecule has 1 N–H and O–H groups in total. The number of carbonyl (C=O) groups excluding carboxylic acids is 1. The molecular weight excluding hydrogens is 224 g/mol. The molecule has 0 heterocycles. The first-order valence-electron chi connectivity index (χ1n) is 7.83. The molecule has 106 valence electrons. The Morgan fingerprint density at radius 2 is 1.72 bits per heavy atom. The number of urea groups is 1. The largest absolute Gasteiger partial charge is 0.335 e. The second-order valence-corrected chi connectivity index (χ2v) is 5.42. The Labute approximate surface area is 112 Å². The van der Waals surface area contributed by atoms with Gasteiger partial charge in [-0.1, -0.05) is 45.4 Å². The highest BCUT2D eigenvalue weighted by atomic mass is 16.2. The summed E-state index contributed by atoms with van der Waals surface area (Å²) in [6.45, 7) is 5.94. The molecule has 0 aromatic heterocycles. The van der Waals surface area contributed by atoms with Crippen LogP contribution in [0.2, 0.25) is 0 Å². The van der Waals surface area contributed by atoms with E-state index in [0.29, 0.717) is 6.04 Å². The van der Waals surface area contributed by atoms with Gasteiger partial charge in [-0.3, -0.25) is 0 Å². The van der Waals surface area contributed by atoms with Gasteiger partial charge in [0.25, 0.3) is 0 Å². The van der Waals surface area contributed by atoms with Gasteiger partial charge in [-0.15, -0.1) is 0 Å². The predicted octanol–water partition coefficient (Wildman–Crippen LogP) is 3.93. The molecule has 0 spiro atoms. The maximum atomic E-state index is 12.2. The molecule has 2 amide bonds. The van der Waals surface area contributed by atoms with Crippen LogP contribution in [-0.4, -0.2) is 30.1 Å². The van der Waals surface area contributed by atoms with Gasteiger partial charge in [0.1, 0.15) is 0 Å². The van der Waals surface area contributed by atoms with Crippen LogP contribution in [0.1, 0.15) is 71.6 Å². The zero-order chi connectivity index (χ0) is 13.2. The Balaban J connectivity index is 2.35. The van der Waals surface area contributed by atoms with E-state index in [-0.39, 0.29) is 6.03 Å². The van der Waals surface area contributed by atoms with Gasteiger partial charge >= 0.3 is 6.03 Å². The van der Waals surface area contributed by atoms with Crippen molar-refractivity contribution >= 4 is 6.03 Å². The summed E-state index contributed by atoms with van der Waals surface area (Å²) in [4.78, 5) is 14.1. The van der Waals surface area contributed by atoms with Crippen LogP contribution in [0.5, 0.6) is 0 Å². The third kappa shape index (κ3) is 5.74. The molecule has 0 bridgehead atoms. The molecule has 0 aromatic rings. The molecule has 1 saturated carbocycles. The van der Waals surface area contributed by atoms with Crippen molar-refractivity contribution < 1.29 is 4.79 Å². The standard InChI is InChI=1S/C15H30N2O/c1-3-5-13-17(4-2)15(18)16-14-11-9-7-6-8-10-12-14/h14H,3-13H2,1-2H3,(H,16,18). The number of rotatable bonds is 5. The van der Waals surface area contributed by atoms with E-state index in [4.69, 9.17) is 0 Å². The van der Waals surface area contributed by atoms with Crippen molar-refractivity contribution in [2.75, 3.05) is 13.1 Å². The van der Waals surface area contributed by atoms with Gasteiger partial charge in [-0.2, -0.15) is 0 Å². The minimum atomic E-state index is 0.150. The fraction of sp³-hybridized carbons (Fsp3) is 0.933. The number of hydrogen-bond donors (Lipinski definition) is 1. The maximum absolute atomic E-state index is 12.2. The molecule has 0 aromatic carbocycles. The van der Waals surface area contributed by atoms with Crippen LogP contribution in [0.25, 0.3) is 0 Å². The van der Waals surface area contributed by atoms with Crippen molar-refractivity contribution in [3.8, 4) is 0 Å². The summed E-state index contributed by atoms with van der Waals surface area (Å²) in [5, 5.41) is 3.23. The van der Waals surface area contributed by atoms with Crippen LogP contribution in [0.3, 0.4) is 0 Å². The SMILES string of the molecule is CCCCN(CC)C(=O)NC1CCCCCCC1. The summed E-state index contributed by atoms with van der Waals surface area (Å²) in [6.07, 6.45) is 11.2. The molecular formula is C15H30N2O. The molecule has 0 atom stereocenters. The van der Waals surface area contributed by atoms with Crippen LogP contribution in [0, 0.1) is 0 Å². The quantitative estimate of drug-likeness (QED) is 0.792. The maximum Gasteiger partial charge on any atom is 0.317 e. The van der Waals surface area contributed by atoms with Gasteiger partial charge in [0.2, 0.25) is 0 Å². The summed E-state index contributed by atoms with van der Waals surface area (Å²) >= 11 is 0. The molecule has 0 unspecified atom stereocenters. The van der Waals surface area contributed by atoms with E-state index in [0.717, 1.165) is 38.8 Å².